The quantitative estimate of drug-likeness (QED) is 0.909. The number of amides is 1. The van der Waals surface area contributed by atoms with Gasteiger partial charge in [-0.25, -0.2) is 4.79 Å². The highest BCUT2D eigenvalue weighted by molar-refractivity contribution is 5.85. The Hall–Kier alpha value is -1.92. The summed E-state index contributed by atoms with van der Waals surface area (Å²) in [4.78, 5) is 23.3. The number of carboxylic acids is 1. The molecule has 1 N–H and O–H groups in total. The third-order valence-electron chi connectivity index (χ3n) is 3.35. The van der Waals surface area contributed by atoms with Gasteiger partial charge in [0.25, 0.3) is 5.91 Å². The highest BCUT2D eigenvalue weighted by Crippen LogP contribution is 2.25. The Morgan fingerprint density at radius 3 is 2.47 bits per heavy atom. The van der Waals surface area contributed by atoms with E-state index in [0.717, 1.165) is 4.90 Å². The maximum Gasteiger partial charge on any atom is 0.352 e. The lowest BCUT2D eigenvalue weighted by atomic mass is 10.0. The second-order valence-corrected chi connectivity index (χ2v) is 4.46. The van der Waals surface area contributed by atoms with Gasteiger partial charge in [0.05, 0.1) is 0 Å². The average molecular weight is 272 g/mol. The van der Waals surface area contributed by atoms with Crippen LogP contribution in [0.25, 0.3) is 0 Å². The topological polar surface area (TPSA) is 62.5 Å². The molecule has 19 heavy (non-hydrogen) atoms. The third-order valence-corrected chi connectivity index (χ3v) is 3.35. The minimum absolute atomic E-state index is 0.0668. The molecule has 1 aromatic rings. The number of carbonyl (C=O) groups excluding carboxylic acids is 1. The Kier molecular flexibility index (Phi) is 3.82. The van der Waals surface area contributed by atoms with Gasteiger partial charge in [-0.3, -0.25) is 4.79 Å². The number of halogens is 2. The largest absolute Gasteiger partial charge is 0.477 e. The van der Waals surface area contributed by atoms with E-state index < -0.39 is 18.3 Å². The van der Waals surface area contributed by atoms with Gasteiger partial charge in [-0.2, -0.15) is 8.78 Å². The van der Waals surface area contributed by atoms with E-state index in [9.17, 15) is 18.4 Å². The second-order valence-electron chi connectivity index (χ2n) is 4.46. The van der Waals surface area contributed by atoms with Gasteiger partial charge < -0.3 is 14.6 Å². The molecule has 2 heterocycles. The van der Waals surface area contributed by atoms with Crippen molar-refractivity contribution in [2.45, 2.75) is 25.3 Å². The zero-order chi connectivity index (χ0) is 14.0. The lowest BCUT2D eigenvalue weighted by Crippen LogP contribution is -2.42. The van der Waals surface area contributed by atoms with Gasteiger partial charge >= 0.3 is 12.4 Å². The normalized spacial score (nSPS) is 16.9. The van der Waals surface area contributed by atoms with E-state index in [0.29, 0.717) is 12.8 Å². The molecule has 0 saturated carbocycles. The van der Waals surface area contributed by atoms with E-state index in [1.807, 2.05) is 0 Å². The molecule has 1 aromatic heterocycles. The summed E-state index contributed by atoms with van der Waals surface area (Å²) in [5.74, 6) is -2.17. The van der Waals surface area contributed by atoms with Crippen molar-refractivity contribution in [3.63, 3.8) is 0 Å². The molecule has 0 spiro atoms. The summed E-state index contributed by atoms with van der Waals surface area (Å²) in [6, 6.07) is 3.07. The summed E-state index contributed by atoms with van der Waals surface area (Å²) in [6.07, 6.45) is -0.350. The fraction of sp³-hybridized carbons (Fsp3) is 0.500. The van der Waals surface area contributed by atoms with Gasteiger partial charge in [-0.1, -0.05) is 0 Å². The van der Waals surface area contributed by atoms with E-state index in [1.54, 1.807) is 16.8 Å². The number of piperidine rings is 1. The number of rotatable bonds is 3. The molecule has 1 saturated heterocycles. The molecule has 1 aliphatic rings. The first-order valence-corrected chi connectivity index (χ1v) is 5.97. The van der Waals surface area contributed by atoms with Crippen molar-refractivity contribution < 1.29 is 23.5 Å². The number of likely N-dealkylation sites (tertiary alicyclic amines) is 1. The van der Waals surface area contributed by atoms with Crippen LogP contribution >= 0.6 is 0 Å². The number of hydrogen-bond acceptors (Lipinski definition) is 2. The van der Waals surface area contributed by atoms with Crippen molar-refractivity contribution in [3.05, 3.63) is 24.0 Å². The SMILES string of the molecule is O=C(O)c1cccn1C1CCN(C(=O)C(F)F)CC1. The molecule has 0 unspecified atom stereocenters. The van der Waals surface area contributed by atoms with E-state index in [4.69, 9.17) is 5.11 Å². The first-order valence-electron chi connectivity index (χ1n) is 5.97. The lowest BCUT2D eigenvalue weighted by Gasteiger charge is -2.33. The van der Waals surface area contributed by atoms with Crippen LogP contribution in [0.4, 0.5) is 8.78 Å². The first kappa shape index (κ1) is 13.5. The minimum Gasteiger partial charge on any atom is -0.477 e. The summed E-state index contributed by atoms with van der Waals surface area (Å²) < 4.78 is 26.2. The highest BCUT2D eigenvalue weighted by atomic mass is 19.3. The summed E-state index contributed by atoms with van der Waals surface area (Å²) in [6.45, 7) is 0.455. The van der Waals surface area contributed by atoms with Gasteiger partial charge in [0.15, 0.2) is 0 Å². The zero-order valence-corrected chi connectivity index (χ0v) is 10.1. The maximum absolute atomic E-state index is 12.3. The van der Waals surface area contributed by atoms with Gasteiger partial charge in [-0.05, 0) is 25.0 Å². The van der Waals surface area contributed by atoms with Crippen LogP contribution in [0.1, 0.15) is 29.4 Å². The molecule has 0 atom stereocenters. The Labute approximate surface area is 108 Å². The third kappa shape index (κ3) is 2.74. The van der Waals surface area contributed by atoms with Gasteiger partial charge in [-0.15, -0.1) is 0 Å². The maximum atomic E-state index is 12.3. The van der Waals surface area contributed by atoms with E-state index in [1.165, 1.54) is 6.07 Å². The van der Waals surface area contributed by atoms with Crippen LogP contribution < -0.4 is 0 Å². The zero-order valence-electron chi connectivity index (χ0n) is 10.1. The first-order chi connectivity index (χ1) is 9.00. The monoisotopic (exact) mass is 272 g/mol. The molecule has 104 valence electrons. The number of nitrogens with zero attached hydrogens (tertiary/aromatic N) is 2. The minimum atomic E-state index is -2.97. The number of carbonyl (C=O) groups is 2. The Morgan fingerprint density at radius 1 is 1.32 bits per heavy atom. The second kappa shape index (κ2) is 5.38. The van der Waals surface area contributed by atoms with Crippen LogP contribution in [0, 0.1) is 0 Å². The van der Waals surface area contributed by atoms with E-state index >= 15 is 0 Å². The van der Waals surface area contributed by atoms with Crippen LogP contribution in [-0.2, 0) is 4.79 Å². The number of carboxylic acid groups (broad SMARTS) is 1. The van der Waals surface area contributed by atoms with Crippen LogP contribution in [-0.4, -0.2) is 46.0 Å². The molecule has 1 amide bonds. The Balaban J connectivity index is 2.02. The Bertz CT molecular complexity index is 479. The van der Waals surface area contributed by atoms with Gasteiger partial charge in [0.2, 0.25) is 0 Å². The summed E-state index contributed by atoms with van der Waals surface area (Å²) in [5, 5.41) is 9.01. The number of alkyl halides is 2. The molecule has 7 heteroatoms. The fourth-order valence-electron chi connectivity index (χ4n) is 2.40. The van der Waals surface area contributed by atoms with Crippen molar-refractivity contribution in [3.8, 4) is 0 Å². The molecule has 0 radical (unpaired) electrons. The molecular weight excluding hydrogens is 258 g/mol. The highest BCUT2D eigenvalue weighted by Gasteiger charge is 2.29. The van der Waals surface area contributed by atoms with Crippen LogP contribution in [0.15, 0.2) is 18.3 Å². The van der Waals surface area contributed by atoms with Crippen molar-refractivity contribution in [2.75, 3.05) is 13.1 Å². The molecule has 2 rings (SSSR count). The summed E-state index contributed by atoms with van der Waals surface area (Å²) in [7, 11) is 0. The van der Waals surface area contributed by atoms with Gasteiger partial charge in [0.1, 0.15) is 5.69 Å². The standard InChI is InChI=1S/C12H14F2N2O3/c13-10(14)11(17)15-6-3-8(4-7-15)16-5-1-2-9(16)12(18)19/h1-2,5,8,10H,3-4,6-7H2,(H,18,19). The average Bonchev–Trinajstić information content (AvgIpc) is 2.87. The van der Waals surface area contributed by atoms with Crippen molar-refractivity contribution in [2.24, 2.45) is 0 Å². The molecule has 0 aliphatic carbocycles. The fourth-order valence-corrected chi connectivity index (χ4v) is 2.40. The predicted molar refractivity (Wildman–Crippen MR) is 62.2 cm³/mol. The molecule has 1 aliphatic heterocycles. The van der Waals surface area contributed by atoms with Crippen LogP contribution in [0.2, 0.25) is 0 Å². The molecule has 0 aromatic carbocycles. The summed E-state index contributed by atoms with van der Waals surface area (Å²) in [5.41, 5.74) is 0.179. The Morgan fingerprint density at radius 2 is 1.95 bits per heavy atom. The number of hydrogen-bond donors (Lipinski definition) is 1. The van der Waals surface area contributed by atoms with Gasteiger partial charge in [0, 0.05) is 25.3 Å². The summed E-state index contributed by atoms with van der Waals surface area (Å²) >= 11 is 0. The van der Waals surface area contributed by atoms with E-state index in [2.05, 4.69) is 0 Å². The smallest absolute Gasteiger partial charge is 0.352 e. The molecule has 5 nitrogen and oxygen atoms in total. The molecular formula is C12H14F2N2O3. The predicted octanol–water partition coefficient (Wildman–Crippen LogP) is 1.61. The van der Waals surface area contributed by atoms with Crippen molar-refractivity contribution >= 4 is 11.9 Å². The number of aromatic carboxylic acids is 1. The van der Waals surface area contributed by atoms with E-state index in [-0.39, 0.29) is 24.8 Å². The number of aromatic nitrogens is 1. The molecule has 1 fully saturated rings. The van der Waals surface area contributed by atoms with Crippen LogP contribution in [0.5, 0.6) is 0 Å². The van der Waals surface area contributed by atoms with Crippen molar-refractivity contribution in [1.29, 1.82) is 0 Å². The lowest BCUT2D eigenvalue weighted by molar-refractivity contribution is -0.144. The van der Waals surface area contributed by atoms with Crippen molar-refractivity contribution in [1.82, 2.24) is 9.47 Å². The molecule has 0 bridgehead atoms. The van der Waals surface area contributed by atoms with Crippen LogP contribution in [0.3, 0.4) is 0 Å².